The van der Waals surface area contributed by atoms with Crippen molar-refractivity contribution < 1.29 is 45.4 Å². The summed E-state index contributed by atoms with van der Waals surface area (Å²) in [5.74, 6) is -0.598. The topological polar surface area (TPSA) is 61.8 Å². The van der Waals surface area contributed by atoms with Crippen molar-refractivity contribution in [2.24, 2.45) is 0 Å². The molecule has 1 fully saturated rings. The molecule has 3 atom stereocenters. The predicted molar refractivity (Wildman–Crippen MR) is 101 cm³/mol. The van der Waals surface area contributed by atoms with E-state index in [1.165, 1.54) is 26.1 Å². The zero-order chi connectivity index (χ0) is 24.8. The lowest BCUT2D eigenvalue weighted by Crippen LogP contribution is -2.50. The Morgan fingerprint density at radius 3 is 2.00 bits per heavy atom. The molecule has 1 aliphatic heterocycles. The van der Waals surface area contributed by atoms with Crippen molar-refractivity contribution >= 4 is 6.03 Å². The number of urea groups is 1. The minimum absolute atomic E-state index is 0.00609. The number of benzene rings is 2. The van der Waals surface area contributed by atoms with Crippen molar-refractivity contribution in [1.82, 2.24) is 10.2 Å². The number of likely N-dealkylation sites (N-methyl/N-ethyl adjacent to an activating group) is 1. The fraction of sp³-hybridized carbons (Fsp3) is 0.381. The van der Waals surface area contributed by atoms with Crippen LogP contribution in [0.5, 0.6) is 0 Å². The molecule has 0 aliphatic carbocycles. The minimum Gasteiger partial charge on any atom is -0.371 e. The molecule has 0 bridgehead atoms. The third-order valence-electron chi connectivity index (χ3n) is 5.46. The van der Waals surface area contributed by atoms with E-state index in [0.29, 0.717) is 12.1 Å². The number of rotatable bonds is 5. The lowest BCUT2D eigenvalue weighted by Gasteiger charge is -2.34. The van der Waals surface area contributed by atoms with E-state index in [2.05, 4.69) is 5.32 Å². The van der Waals surface area contributed by atoms with E-state index >= 15 is 0 Å². The summed E-state index contributed by atoms with van der Waals surface area (Å²) in [6.07, 6.45) is -12.9. The van der Waals surface area contributed by atoms with Crippen LogP contribution in [0.3, 0.4) is 0 Å². The molecule has 1 unspecified atom stereocenters. The molecule has 33 heavy (non-hydrogen) atoms. The second kappa shape index (κ2) is 8.49. The lowest BCUT2D eigenvalue weighted by atomic mass is 9.89. The second-order valence-electron chi connectivity index (χ2n) is 7.69. The number of nitrogens with zero attached hydrogens (tertiary/aromatic N) is 1. The monoisotopic (exact) mass is 480 g/mol. The van der Waals surface area contributed by atoms with Crippen molar-refractivity contribution in [2.45, 2.75) is 37.1 Å². The van der Waals surface area contributed by atoms with Gasteiger partial charge >= 0.3 is 18.4 Å². The van der Waals surface area contributed by atoms with Gasteiger partial charge in [0, 0.05) is 7.05 Å². The maximum Gasteiger partial charge on any atom is 0.416 e. The van der Waals surface area contributed by atoms with Crippen LogP contribution in [0.2, 0.25) is 0 Å². The highest BCUT2D eigenvalue weighted by Crippen LogP contribution is 2.39. The van der Waals surface area contributed by atoms with E-state index in [1.807, 2.05) is 0 Å². The third kappa shape index (κ3) is 4.91. The van der Waals surface area contributed by atoms with Gasteiger partial charge in [-0.3, -0.25) is 4.90 Å². The maximum absolute atomic E-state index is 13.4. The molecule has 12 heteroatoms. The van der Waals surface area contributed by atoms with Crippen LogP contribution in [0.25, 0.3) is 0 Å². The molecule has 180 valence electrons. The molecule has 0 saturated carbocycles. The number of amides is 2. The van der Waals surface area contributed by atoms with Crippen LogP contribution in [0.15, 0.2) is 42.5 Å². The van der Waals surface area contributed by atoms with Gasteiger partial charge in [0.25, 0.3) is 0 Å². The first-order chi connectivity index (χ1) is 15.1. The first-order valence-electron chi connectivity index (χ1n) is 9.55. The molecule has 2 N–H and O–H groups in total. The van der Waals surface area contributed by atoms with Crippen molar-refractivity contribution in [3.63, 3.8) is 0 Å². The van der Waals surface area contributed by atoms with Crippen LogP contribution in [-0.2, 0) is 22.6 Å². The third-order valence-corrected chi connectivity index (χ3v) is 5.46. The number of alkyl halides is 6. The molecule has 0 spiro atoms. The van der Waals surface area contributed by atoms with Crippen LogP contribution in [0.1, 0.15) is 35.3 Å². The number of aliphatic hydroxyl groups is 1. The normalized spacial score (nSPS) is 22.4. The first kappa shape index (κ1) is 24.8. The number of halogens is 7. The summed E-state index contributed by atoms with van der Waals surface area (Å²) in [5, 5.41) is 13.2. The number of hydrogen-bond donors (Lipinski definition) is 2. The van der Waals surface area contributed by atoms with Gasteiger partial charge in [-0.2, -0.15) is 26.3 Å². The Bertz CT molecular complexity index is 992. The minimum atomic E-state index is -5.02. The number of carbonyl (C=O) groups is 1. The summed E-state index contributed by atoms with van der Waals surface area (Å²) < 4.78 is 97.9. The Labute approximate surface area is 183 Å². The molecule has 1 heterocycles. The van der Waals surface area contributed by atoms with Crippen molar-refractivity contribution in [1.29, 1.82) is 0 Å². The van der Waals surface area contributed by atoms with E-state index in [9.17, 15) is 40.6 Å². The van der Waals surface area contributed by atoms with Gasteiger partial charge in [0.05, 0.1) is 23.8 Å². The quantitative estimate of drug-likeness (QED) is 0.604. The maximum atomic E-state index is 13.4. The molecule has 1 saturated heterocycles. The average Bonchev–Trinajstić information content (AvgIpc) is 2.95. The Balaban J connectivity index is 1.95. The largest absolute Gasteiger partial charge is 0.416 e. The standard InChI is InChI=1S/C21H19F7N2O3/c1-11(12-7-14(20(23,24)25)9-15(8-12)21(26,27)28)33-10-19(13-3-5-16(22)6-4-13)17(31)30(2)18(32)29-19/h3-9,11,17,31H,10H2,1-2H3,(H,29,32)/t11-,17?,19-/m1/s1. The molecular weight excluding hydrogens is 461 g/mol. The van der Waals surface area contributed by atoms with Crippen molar-refractivity contribution in [3.05, 3.63) is 70.5 Å². The van der Waals surface area contributed by atoms with Gasteiger partial charge in [0.2, 0.25) is 0 Å². The first-order valence-corrected chi connectivity index (χ1v) is 9.55. The predicted octanol–water partition coefficient (Wildman–Crippen LogP) is 4.81. The summed E-state index contributed by atoms with van der Waals surface area (Å²) in [4.78, 5) is 13.1. The molecule has 2 aromatic carbocycles. The lowest BCUT2D eigenvalue weighted by molar-refractivity contribution is -0.143. The Kier molecular flexibility index (Phi) is 6.37. The fourth-order valence-electron chi connectivity index (χ4n) is 3.51. The summed E-state index contributed by atoms with van der Waals surface area (Å²) in [7, 11) is 1.27. The van der Waals surface area contributed by atoms with Gasteiger partial charge in [-0.25, -0.2) is 9.18 Å². The van der Waals surface area contributed by atoms with Crippen LogP contribution in [0.4, 0.5) is 35.5 Å². The summed E-state index contributed by atoms with van der Waals surface area (Å²) in [5.41, 5.74) is -4.82. The highest BCUT2D eigenvalue weighted by atomic mass is 19.4. The van der Waals surface area contributed by atoms with E-state index < -0.39 is 65.4 Å². The van der Waals surface area contributed by atoms with E-state index in [1.54, 1.807) is 0 Å². The molecule has 5 nitrogen and oxygen atoms in total. The average molecular weight is 480 g/mol. The van der Waals surface area contributed by atoms with E-state index in [-0.39, 0.29) is 11.6 Å². The SMILES string of the molecule is C[C@@H](OC[C@]1(c2ccc(F)cc2)NC(=O)N(C)C1O)c1cc(C(F)(F)F)cc(C(F)(F)F)c1. The van der Waals surface area contributed by atoms with Gasteiger partial charge < -0.3 is 15.2 Å². The van der Waals surface area contributed by atoms with Gasteiger partial charge in [0.15, 0.2) is 6.23 Å². The Morgan fingerprint density at radius 2 is 1.58 bits per heavy atom. The van der Waals surface area contributed by atoms with E-state index in [4.69, 9.17) is 4.74 Å². The summed E-state index contributed by atoms with van der Waals surface area (Å²) in [6, 6.07) is 5.07. The number of ether oxygens (including phenoxy) is 1. The highest BCUT2D eigenvalue weighted by molar-refractivity contribution is 5.78. The second-order valence-corrected chi connectivity index (χ2v) is 7.69. The van der Waals surface area contributed by atoms with Gasteiger partial charge in [-0.05, 0) is 48.4 Å². The Morgan fingerprint density at radius 1 is 1.06 bits per heavy atom. The summed E-state index contributed by atoms with van der Waals surface area (Å²) in [6.45, 7) is 0.704. The van der Waals surface area contributed by atoms with Gasteiger partial charge in [-0.15, -0.1) is 0 Å². The van der Waals surface area contributed by atoms with Crippen molar-refractivity contribution in [3.8, 4) is 0 Å². The summed E-state index contributed by atoms with van der Waals surface area (Å²) >= 11 is 0. The highest BCUT2D eigenvalue weighted by Gasteiger charge is 2.51. The van der Waals surface area contributed by atoms with Gasteiger partial charge in [-0.1, -0.05) is 12.1 Å². The number of carbonyl (C=O) groups excluding carboxylic acids is 1. The van der Waals surface area contributed by atoms with E-state index in [0.717, 1.165) is 17.0 Å². The molecule has 2 aromatic rings. The van der Waals surface area contributed by atoms with Crippen molar-refractivity contribution in [2.75, 3.05) is 13.7 Å². The fourth-order valence-corrected chi connectivity index (χ4v) is 3.51. The smallest absolute Gasteiger partial charge is 0.371 e. The Hall–Kier alpha value is -2.86. The van der Waals surface area contributed by atoms with Crippen LogP contribution in [0, 0.1) is 5.82 Å². The zero-order valence-corrected chi connectivity index (χ0v) is 17.3. The number of hydrogen-bond acceptors (Lipinski definition) is 3. The molecule has 0 aromatic heterocycles. The molecular formula is C21H19F7N2O3. The van der Waals surface area contributed by atoms with Crippen LogP contribution in [-0.4, -0.2) is 35.9 Å². The van der Waals surface area contributed by atoms with Crippen LogP contribution >= 0.6 is 0 Å². The molecule has 1 aliphatic rings. The molecule has 3 rings (SSSR count). The number of aliphatic hydroxyl groups excluding tert-OH is 1. The van der Waals surface area contributed by atoms with Crippen LogP contribution < -0.4 is 5.32 Å². The molecule has 2 amide bonds. The zero-order valence-electron chi connectivity index (χ0n) is 17.3. The molecule has 0 radical (unpaired) electrons. The number of nitrogens with one attached hydrogen (secondary N) is 1. The van der Waals surface area contributed by atoms with Gasteiger partial charge in [0.1, 0.15) is 11.4 Å².